The van der Waals surface area contributed by atoms with Crippen molar-refractivity contribution in [2.45, 2.75) is 271 Å². The highest BCUT2D eigenvalue weighted by Gasteiger charge is 2.19. The number of carbonyl (C=O) groups excluding carboxylic acids is 3. The summed E-state index contributed by atoms with van der Waals surface area (Å²) in [6.07, 6.45) is 44.0. The maximum atomic E-state index is 12.5. The Morgan fingerprint density at radius 3 is 0.755 bits per heavy atom. The highest BCUT2D eigenvalue weighted by molar-refractivity contribution is 5.71. The Kier molecular flexibility index (Phi) is 41.8. The number of unbranched alkanes of at least 4 members (excludes halogenated alkanes) is 32. The van der Waals surface area contributed by atoms with Gasteiger partial charge in [0.05, 0.1) is 0 Å². The Morgan fingerprint density at radius 2 is 0.509 bits per heavy atom. The number of esters is 3. The summed E-state index contributed by atoms with van der Waals surface area (Å²) < 4.78 is 16.6. The van der Waals surface area contributed by atoms with Crippen LogP contribution in [0, 0.1) is 0 Å². The van der Waals surface area contributed by atoms with E-state index in [4.69, 9.17) is 14.2 Å². The predicted octanol–water partition coefficient (Wildman–Crippen LogP) is 14.9. The summed E-state index contributed by atoms with van der Waals surface area (Å²) in [5.41, 5.74) is 0. The van der Waals surface area contributed by atoms with Crippen molar-refractivity contribution in [3.05, 3.63) is 0 Å². The molecule has 0 amide bonds. The van der Waals surface area contributed by atoms with Gasteiger partial charge >= 0.3 is 17.9 Å². The van der Waals surface area contributed by atoms with Gasteiger partial charge in [-0.25, -0.2) is 0 Å². The lowest BCUT2D eigenvalue weighted by atomic mass is 10.0. The molecule has 0 saturated carbocycles. The van der Waals surface area contributed by atoms with Gasteiger partial charge in [-0.1, -0.05) is 226 Å². The van der Waals surface area contributed by atoms with E-state index in [1.807, 2.05) is 0 Å². The molecule has 53 heavy (non-hydrogen) atoms. The molecule has 0 radical (unpaired) electrons. The molecular formula is C47H90O6. The first kappa shape index (κ1) is 51.4. The molecule has 0 aliphatic rings. The summed E-state index contributed by atoms with van der Waals surface area (Å²) in [5, 5.41) is 0. The van der Waals surface area contributed by atoms with Crippen LogP contribution in [0.3, 0.4) is 0 Å². The summed E-state index contributed by atoms with van der Waals surface area (Å²) in [7, 11) is 0. The van der Waals surface area contributed by atoms with Crippen molar-refractivity contribution in [2.24, 2.45) is 0 Å². The summed E-state index contributed by atoms with van der Waals surface area (Å²) in [4.78, 5) is 37.5. The van der Waals surface area contributed by atoms with E-state index >= 15 is 0 Å². The maximum Gasteiger partial charge on any atom is 0.306 e. The summed E-state index contributed by atoms with van der Waals surface area (Å²) in [6, 6.07) is 0. The van der Waals surface area contributed by atoms with E-state index in [-0.39, 0.29) is 31.1 Å². The second-order valence-corrected chi connectivity index (χ2v) is 16.0. The third-order valence-corrected chi connectivity index (χ3v) is 10.6. The average Bonchev–Trinajstić information content (AvgIpc) is 3.15. The highest BCUT2D eigenvalue weighted by atomic mass is 16.6. The van der Waals surface area contributed by atoms with Gasteiger partial charge in [0.1, 0.15) is 13.2 Å². The van der Waals surface area contributed by atoms with Crippen molar-refractivity contribution < 1.29 is 28.6 Å². The largest absolute Gasteiger partial charge is 0.462 e. The van der Waals surface area contributed by atoms with Gasteiger partial charge in [-0.3, -0.25) is 14.4 Å². The molecule has 0 N–H and O–H groups in total. The number of rotatable bonds is 43. The van der Waals surface area contributed by atoms with Crippen LogP contribution in [0.4, 0.5) is 0 Å². The van der Waals surface area contributed by atoms with E-state index in [0.29, 0.717) is 19.3 Å². The van der Waals surface area contributed by atoms with Gasteiger partial charge in [0.25, 0.3) is 0 Å². The van der Waals surface area contributed by atoms with Gasteiger partial charge in [-0.15, -0.1) is 0 Å². The topological polar surface area (TPSA) is 78.9 Å². The zero-order chi connectivity index (χ0) is 38.7. The van der Waals surface area contributed by atoms with Gasteiger partial charge < -0.3 is 14.2 Å². The van der Waals surface area contributed by atoms with E-state index in [9.17, 15) is 14.4 Å². The molecule has 0 unspecified atom stereocenters. The molecule has 1 atom stereocenters. The lowest BCUT2D eigenvalue weighted by Crippen LogP contribution is -2.30. The second kappa shape index (κ2) is 43.1. The Labute approximate surface area is 329 Å². The van der Waals surface area contributed by atoms with Crippen molar-refractivity contribution in [3.63, 3.8) is 0 Å². The monoisotopic (exact) mass is 751 g/mol. The molecule has 0 spiro atoms. The van der Waals surface area contributed by atoms with Gasteiger partial charge in [-0.2, -0.15) is 0 Å². The van der Waals surface area contributed by atoms with Crippen molar-refractivity contribution in [1.82, 2.24) is 0 Å². The molecule has 0 aromatic heterocycles. The van der Waals surface area contributed by atoms with Crippen LogP contribution < -0.4 is 0 Å². The standard InChI is InChI=1S/C47H90O6/c1-4-7-10-13-15-17-19-21-23-24-26-28-30-32-35-37-40-46(49)52-43-44(53-47(50)41-38-33-12-9-6-3)42-51-45(48)39-36-34-31-29-27-25-22-20-18-16-14-11-8-5-2/h44H,4-43H2,1-3H3/t44-/m1/s1. The van der Waals surface area contributed by atoms with Crippen molar-refractivity contribution >= 4 is 17.9 Å². The molecule has 0 fully saturated rings. The molecule has 0 saturated heterocycles. The smallest absolute Gasteiger partial charge is 0.306 e. The van der Waals surface area contributed by atoms with Crippen LogP contribution in [-0.2, 0) is 28.6 Å². The molecule has 0 rings (SSSR count). The number of carbonyl (C=O) groups is 3. The lowest BCUT2D eigenvalue weighted by Gasteiger charge is -2.18. The lowest BCUT2D eigenvalue weighted by molar-refractivity contribution is -0.167. The zero-order valence-corrected chi connectivity index (χ0v) is 35.8. The van der Waals surface area contributed by atoms with Crippen LogP contribution in [0.2, 0.25) is 0 Å². The molecule has 0 heterocycles. The molecule has 0 aliphatic carbocycles. The van der Waals surface area contributed by atoms with Crippen LogP contribution >= 0.6 is 0 Å². The van der Waals surface area contributed by atoms with Crippen LogP contribution in [0.15, 0.2) is 0 Å². The molecule has 0 aromatic carbocycles. The molecule has 0 aliphatic heterocycles. The fraction of sp³-hybridized carbons (Fsp3) is 0.936. The van der Waals surface area contributed by atoms with Crippen LogP contribution in [0.1, 0.15) is 265 Å². The van der Waals surface area contributed by atoms with Crippen molar-refractivity contribution in [1.29, 1.82) is 0 Å². The van der Waals surface area contributed by atoms with Gasteiger partial charge in [0.15, 0.2) is 6.10 Å². The number of hydrogen-bond acceptors (Lipinski definition) is 6. The van der Waals surface area contributed by atoms with Gasteiger partial charge in [0.2, 0.25) is 0 Å². The third kappa shape index (κ3) is 41.4. The first-order valence-corrected chi connectivity index (χ1v) is 23.5. The fourth-order valence-electron chi connectivity index (χ4n) is 7.03. The van der Waals surface area contributed by atoms with Crippen LogP contribution in [0.25, 0.3) is 0 Å². The summed E-state index contributed by atoms with van der Waals surface area (Å²) in [6.45, 7) is 6.58. The van der Waals surface area contributed by atoms with E-state index in [2.05, 4.69) is 20.8 Å². The fourth-order valence-corrected chi connectivity index (χ4v) is 7.03. The van der Waals surface area contributed by atoms with Crippen molar-refractivity contribution in [3.8, 4) is 0 Å². The summed E-state index contributed by atoms with van der Waals surface area (Å²) >= 11 is 0. The first-order valence-electron chi connectivity index (χ1n) is 23.5. The SMILES string of the molecule is CCCCCCCCCCCCCCCCCCC(=O)OC[C@@H](COC(=O)CCCCCCCCCCCCCCCC)OC(=O)CCCCCCC. The Hall–Kier alpha value is -1.59. The van der Waals surface area contributed by atoms with Gasteiger partial charge in [-0.05, 0) is 19.3 Å². The molecule has 0 bridgehead atoms. The Bertz CT molecular complexity index is 783. The van der Waals surface area contributed by atoms with Crippen LogP contribution in [-0.4, -0.2) is 37.2 Å². The van der Waals surface area contributed by atoms with E-state index in [1.54, 1.807) is 0 Å². The highest BCUT2D eigenvalue weighted by Crippen LogP contribution is 2.16. The quantitative estimate of drug-likeness (QED) is 0.0351. The number of ether oxygens (including phenoxy) is 3. The van der Waals surface area contributed by atoms with Crippen LogP contribution in [0.5, 0.6) is 0 Å². The maximum absolute atomic E-state index is 12.5. The average molecular weight is 751 g/mol. The Balaban J connectivity index is 4.10. The zero-order valence-electron chi connectivity index (χ0n) is 35.8. The van der Waals surface area contributed by atoms with Crippen molar-refractivity contribution in [2.75, 3.05) is 13.2 Å². The summed E-state index contributed by atoms with van der Waals surface area (Å²) in [5.74, 6) is -0.864. The third-order valence-electron chi connectivity index (χ3n) is 10.6. The first-order chi connectivity index (χ1) is 26.0. The van der Waals surface area contributed by atoms with E-state index in [1.165, 1.54) is 161 Å². The minimum atomic E-state index is -0.756. The normalized spacial score (nSPS) is 11.8. The van der Waals surface area contributed by atoms with E-state index < -0.39 is 6.10 Å². The molecular weight excluding hydrogens is 661 g/mol. The molecule has 0 aromatic rings. The van der Waals surface area contributed by atoms with Gasteiger partial charge in [0, 0.05) is 19.3 Å². The van der Waals surface area contributed by atoms with E-state index in [0.717, 1.165) is 64.2 Å². The minimum absolute atomic E-state index is 0.0641. The molecule has 6 heteroatoms. The minimum Gasteiger partial charge on any atom is -0.462 e. The Morgan fingerprint density at radius 1 is 0.302 bits per heavy atom. The second-order valence-electron chi connectivity index (χ2n) is 16.0. The predicted molar refractivity (Wildman–Crippen MR) is 224 cm³/mol. The molecule has 6 nitrogen and oxygen atoms in total. The molecule has 314 valence electrons. The number of hydrogen-bond donors (Lipinski definition) is 0.